The van der Waals surface area contributed by atoms with Gasteiger partial charge in [-0.1, -0.05) is 24.3 Å². The van der Waals surface area contributed by atoms with Crippen LogP contribution in [0.1, 0.15) is 40.5 Å². The fourth-order valence-corrected chi connectivity index (χ4v) is 1.68. The van der Waals surface area contributed by atoms with Gasteiger partial charge in [-0.15, -0.1) is 0 Å². The van der Waals surface area contributed by atoms with E-state index in [1.807, 2.05) is 33.8 Å². The van der Waals surface area contributed by atoms with E-state index in [-0.39, 0.29) is 24.5 Å². The lowest BCUT2D eigenvalue weighted by Crippen LogP contribution is -2.22. The van der Waals surface area contributed by atoms with Crippen LogP contribution in [0.15, 0.2) is 36.0 Å². The van der Waals surface area contributed by atoms with Gasteiger partial charge in [-0.3, -0.25) is 4.79 Å². The maximum absolute atomic E-state index is 11.5. The maximum Gasteiger partial charge on any atom is 0.331 e. The predicted octanol–water partition coefficient (Wildman–Crippen LogP) is 3.36. The first-order chi connectivity index (χ1) is 10.7. The van der Waals surface area contributed by atoms with Crippen LogP contribution in [-0.4, -0.2) is 37.9 Å². The molecule has 1 unspecified atom stereocenters. The Morgan fingerprint density at radius 3 is 2.30 bits per heavy atom. The third kappa shape index (κ3) is 11.4. The Labute approximate surface area is 139 Å². The van der Waals surface area contributed by atoms with Crippen LogP contribution in [0, 0.1) is 0 Å². The summed E-state index contributed by atoms with van der Waals surface area (Å²) in [6.07, 6.45) is 9.21. The van der Waals surface area contributed by atoms with Crippen molar-refractivity contribution < 1.29 is 23.8 Å². The van der Waals surface area contributed by atoms with Crippen molar-refractivity contribution >= 4 is 11.9 Å². The third-order valence-electron chi connectivity index (χ3n) is 2.85. The molecule has 0 rings (SSSR count). The van der Waals surface area contributed by atoms with Gasteiger partial charge in [-0.2, -0.15) is 0 Å². The second kappa shape index (κ2) is 10.8. The molecular formula is C18H28O5. The summed E-state index contributed by atoms with van der Waals surface area (Å²) in [6.45, 7) is 7.37. The van der Waals surface area contributed by atoms with E-state index in [4.69, 9.17) is 9.47 Å². The van der Waals surface area contributed by atoms with E-state index in [9.17, 15) is 9.59 Å². The molecule has 0 saturated heterocycles. The summed E-state index contributed by atoms with van der Waals surface area (Å²) < 4.78 is 15.1. The van der Waals surface area contributed by atoms with E-state index in [0.29, 0.717) is 6.42 Å². The molecule has 0 aromatic rings. The summed E-state index contributed by atoms with van der Waals surface area (Å²) in [5, 5.41) is 0. The van der Waals surface area contributed by atoms with Crippen LogP contribution in [0.4, 0.5) is 0 Å². The smallest absolute Gasteiger partial charge is 0.331 e. The van der Waals surface area contributed by atoms with Crippen molar-refractivity contribution in [3.8, 4) is 0 Å². The maximum atomic E-state index is 11.5. The lowest BCUT2D eigenvalue weighted by Gasteiger charge is -2.17. The molecule has 0 radical (unpaired) electrons. The number of esters is 2. The van der Waals surface area contributed by atoms with E-state index in [1.54, 1.807) is 25.3 Å². The zero-order valence-corrected chi connectivity index (χ0v) is 14.9. The minimum Gasteiger partial charge on any atom is -0.469 e. The molecule has 0 aliphatic carbocycles. The van der Waals surface area contributed by atoms with Crippen LogP contribution in [0.5, 0.6) is 0 Å². The second-order valence-corrected chi connectivity index (χ2v) is 6.01. The highest BCUT2D eigenvalue weighted by Gasteiger charge is 2.13. The monoisotopic (exact) mass is 324 g/mol. The molecule has 0 aromatic carbocycles. The number of carbonyl (C=O) groups excluding carboxylic acids is 2. The van der Waals surface area contributed by atoms with Crippen LogP contribution >= 0.6 is 0 Å². The summed E-state index contributed by atoms with van der Waals surface area (Å²) in [7, 11) is 2.98. The topological polar surface area (TPSA) is 61.8 Å². The first-order valence-corrected chi connectivity index (χ1v) is 7.52. The van der Waals surface area contributed by atoms with E-state index in [0.717, 1.165) is 5.57 Å². The highest BCUT2D eigenvalue weighted by molar-refractivity contribution is 5.82. The minimum atomic E-state index is -0.492. The second-order valence-electron chi connectivity index (χ2n) is 6.01. The van der Waals surface area contributed by atoms with Gasteiger partial charge in [0.2, 0.25) is 0 Å². The molecule has 1 atom stereocenters. The lowest BCUT2D eigenvalue weighted by molar-refractivity contribution is -0.148. The fraction of sp³-hybridized carbons (Fsp3) is 0.556. The van der Waals surface area contributed by atoms with E-state index in [2.05, 4.69) is 4.74 Å². The number of ether oxygens (including phenoxy) is 3. The molecule has 0 bridgehead atoms. The molecule has 0 fully saturated rings. The Balaban J connectivity index is 4.39. The van der Waals surface area contributed by atoms with Crippen molar-refractivity contribution in [2.24, 2.45) is 0 Å². The first kappa shape index (κ1) is 21.1. The molecule has 0 saturated carbocycles. The Morgan fingerprint density at radius 2 is 1.78 bits per heavy atom. The molecule has 0 aliphatic rings. The first-order valence-electron chi connectivity index (χ1n) is 7.52. The van der Waals surface area contributed by atoms with Crippen LogP contribution < -0.4 is 0 Å². The van der Waals surface area contributed by atoms with Gasteiger partial charge in [0, 0.05) is 13.2 Å². The van der Waals surface area contributed by atoms with Crippen molar-refractivity contribution in [3.63, 3.8) is 0 Å². The summed E-state index contributed by atoms with van der Waals surface area (Å²) >= 11 is 0. The van der Waals surface area contributed by atoms with Gasteiger partial charge in [-0.25, -0.2) is 4.79 Å². The number of hydrogen-bond donors (Lipinski definition) is 0. The zero-order chi connectivity index (χ0) is 17.9. The molecule has 130 valence electrons. The molecule has 0 heterocycles. The Morgan fingerprint density at radius 1 is 1.13 bits per heavy atom. The van der Waals surface area contributed by atoms with Crippen LogP contribution in [0.3, 0.4) is 0 Å². The van der Waals surface area contributed by atoms with Crippen molar-refractivity contribution in [2.75, 3.05) is 14.2 Å². The predicted molar refractivity (Wildman–Crippen MR) is 89.9 cm³/mol. The average molecular weight is 324 g/mol. The summed E-state index contributed by atoms with van der Waals surface area (Å²) in [6, 6.07) is 0. The van der Waals surface area contributed by atoms with Gasteiger partial charge in [0.25, 0.3) is 0 Å². The highest BCUT2D eigenvalue weighted by atomic mass is 16.6. The standard InChI is InChI=1S/C18H28O5/c1-14(12-13-16(19)22-6)15(21-5)10-8-7-9-11-17(20)23-18(2,3)4/h7-9,11-12,15H,10,13H2,1-6H3/b8-7+,11-9+,14-12+. The molecule has 5 heteroatoms. The molecule has 0 amide bonds. The highest BCUT2D eigenvalue weighted by Crippen LogP contribution is 2.12. The number of rotatable bonds is 8. The summed E-state index contributed by atoms with van der Waals surface area (Å²) in [5.74, 6) is -0.658. The zero-order valence-electron chi connectivity index (χ0n) is 14.9. The molecule has 5 nitrogen and oxygen atoms in total. The minimum absolute atomic E-state index is 0.120. The van der Waals surface area contributed by atoms with E-state index >= 15 is 0 Å². The fourth-order valence-electron chi connectivity index (χ4n) is 1.68. The normalized spacial score (nSPS) is 14.3. The SMILES string of the molecule is COC(=O)C/C=C(\C)C(C/C=C/C=C/C(=O)OC(C)(C)C)OC. The van der Waals surface area contributed by atoms with Crippen molar-refractivity contribution in [1.29, 1.82) is 0 Å². The molecule has 0 N–H and O–H groups in total. The number of carbonyl (C=O) groups is 2. The average Bonchev–Trinajstić information content (AvgIpc) is 2.46. The van der Waals surface area contributed by atoms with Crippen LogP contribution in [0.2, 0.25) is 0 Å². The van der Waals surface area contributed by atoms with E-state index < -0.39 is 5.60 Å². The summed E-state index contributed by atoms with van der Waals surface area (Å²) in [4.78, 5) is 22.6. The van der Waals surface area contributed by atoms with Gasteiger partial charge in [0.05, 0.1) is 19.6 Å². The Hall–Kier alpha value is -1.88. The number of hydrogen-bond acceptors (Lipinski definition) is 5. The molecule has 0 aromatic heterocycles. The molecule has 0 aliphatic heterocycles. The number of allylic oxidation sites excluding steroid dienone is 2. The van der Waals surface area contributed by atoms with Crippen LogP contribution in [0.25, 0.3) is 0 Å². The Kier molecular flexibility index (Phi) is 9.90. The van der Waals surface area contributed by atoms with Gasteiger partial charge in [0.1, 0.15) is 5.60 Å². The summed E-state index contributed by atoms with van der Waals surface area (Å²) in [5.41, 5.74) is 0.465. The lowest BCUT2D eigenvalue weighted by atomic mass is 10.1. The number of methoxy groups -OCH3 is 2. The quantitative estimate of drug-likeness (QED) is 0.296. The van der Waals surface area contributed by atoms with Gasteiger partial charge >= 0.3 is 11.9 Å². The van der Waals surface area contributed by atoms with Gasteiger partial charge < -0.3 is 14.2 Å². The van der Waals surface area contributed by atoms with Gasteiger partial charge in [0.15, 0.2) is 0 Å². The van der Waals surface area contributed by atoms with Crippen molar-refractivity contribution in [3.05, 3.63) is 36.0 Å². The van der Waals surface area contributed by atoms with Crippen molar-refractivity contribution in [2.45, 2.75) is 52.2 Å². The Bertz CT molecular complexity index is 466. The third-order valence-corrected chi connectivity index (χ3v) is 2.85. The van der Waals surface area contributed by atoms with Crippen molar-refractivity contribution in [1.82, 2.24) is 0 Å². The largest absolute Gasteiger partial charge is 0.469 e. The molecular weight excluding hydrogens is 296 g/mol. The molecule has 23 heavy (non-hydrogen) atoms. The van der Waals surface area contributed by atoms with Crippen LogP contribution in [-0.2, 0) is 23.8 Å². The molecule has 0 spiro atoms. The van der Waals surface area contributed by atoms with Gasteiger partial charge in [-0.05, 0) is 39.7 Å². The van der Waals surface area contributed by atoms with E-state index in [1.165, 1.54) is 13.2 Å².